The molecule has 7 nitrogen and oxygen atoms in total. The summed E-state index contributed by atoms with van der Waals surface area (Å²) in [6.45, 7) is 5.15. The third-order valence-corrected chi connectivity index (χ3v) is 4.10. The minimum absolute atomic E-state index is 0.0360. The second-order valence-corrected chi connectivity index (χ2v) is 6.91. The average molecular weight is 415 g/mol. The molecule has 2 aromatic carbocycles. The number of amides is 2. The largest absolute Gasteiger partial charge is 0.490 e. The maximum atomic E-state index is 12.7. The first-order chi connectivity index (χ1) is 14.4. The summed E-state index contributed by atoms with van der Waals surface area (Å²) in [6, 6.07) is 12.0. The molecule has 0 bridgehead atoms. The molecule has 0 radical (unpaired) electrons. The van der Waals surface area contributed by atoms with Crippen molar-refractivity contribution in [2.75, 3.05) is 39.2 Å². The van der Waals surface area contributed by atoms with Crippen molar-refractivity contribution >= 4 is 17.5 Å². The van der Waals surface area contributed by atoms with Crippen molar-refractivity contribution < 1.29 is 23.8 Å². The van der Waals surface area contributed by atoms with Gasteiger partial charge in [0.05, 0.1) is 13.2 Å². The van der Waals surface area contributed by atoms with E-state index in [1.165, 1.54) is 4.90 Å². The second kappa shape index (κ2) is 11.7. The predicted octanol–water partition coefficient (Wildman–Crippen LogP) is 3.98. The van der Waals surface area contributed by atoms with Crippen LogP contribution in [0, 0.1) is 0 Å². The summed E-state index contributed by atoms with van der Waals surface area (Å²) < 4.78 is 16.9. The smallest absolute Gasteiger partial charge is 0.259 e. The fraction of sp³-hybridized carbons (Fsp3) is 0.391. The van der Waals surface area contributed by atoms with Crippen LogP contribution in [0.5, 0.6) is 17.2 Å². The normalized spacial score (nSPS) is 10.3. The van der Waals surface area contributed by atoms with Crippen LogP contribution < -0.4 is 19.5 Å². The Balaban J connectivity index is 2.03. The molecule has 2 rings (SSSR count). The molecule has 0 aliphatic rings. The monoisotopic (exact) mass is 414 g/mol. The van der Waals surface area contributed by atoms with Crippen LogP contribution in [-0.2, 0) is 4.79 Å². The van der Waals surface area contributed by atoms with Crippen molar-refractivity contribution in [3.63, 3.8) is 0 Å². The van der Waals surface area contributed by atoms with Crippen molar-refractivity contribution in [2.45, 2.75) is 26.7 Å². The number of likely N-dealkylation sites (N-methyl/N-ethyl adjacent to an activating group) is 1. The highest BCUT2D eigenvalue weighted by molar-refractivity contribution is 6.04. The third kappa shape index (κ3) is 6.99. The number of hydrogen-bond donors (Lipinski definition) is 1. The topological polar surface area (TPSA) is 77.1 Å². The zero-order chi connectivity index (χ0) is 21.9. The minimum Gasteiger partial charge on any atom is -0.490 e. The molecule has 0 saturated heterocycles. The van der Waals surface area contributed by atoms with Crippen molar-refractivity contribution in [3.8, 4) is 17.2 Å². The van der Waals surface area contributed by atoms with E-state index in [1.807, 2.05) is 13.8 Å². The Labute approximate surface area is 177 Å². The second-order valence-electron chi connectivity index (χ2n) is 6.91. The molecule has 0 spiro atoms. The van der Waals surface area contributed by atoms with Gasteiger partial charge in [-0.25, -0.2) is 0 Å². The Morgan fingerprint density at radius 3 is 2.10 bits per heavy atom. The van der Waals surface area contributed by atoms with Gasteiger partial charge in [0, 0.05) is 25.3 Å². The summed E-state index contributed by atoms with van der Waals surface area (Å²) in [5.74, 6) is 1.37. The van der Waals surface area contributed by atoms with Gasteiger partial charge >= 0.3 is 0 Å². The number of anilines is 1. The van der Waals surface area contributed by atoms with Crippen molar-refractivity contribution in [1.29, 1.82) is 0 Å². The van der Waals surface area contributed by atoms with Crippen molar-refractivity contribution in [1.82, 2.24) is 4.90 Å². The van der Waals surface area contributed by atoms with Gasteiger partial charge in [0.25, 0.3) is 11.8 Å². The number of rotatable bonds is 11. The van der Waals surface area contributed by atoms with Gasteiger partial charge in [-0.05, 0) is 55.3 Å². The van der Waals surface area contributed by atoms with Crippen LogP contribution in [0.25, 0.3) is 0 Å². The van der Waals surface area contributed by atoms with Crippen LogP contribution in [0.4, 0.5) is 5.69 Å². The van der Waals surface area contributed by atoms with E-state index in [2.05, 4.69) is 5.32 Å². The first kappa shape index (κ1) is 23.1. The molecule has 0 fully saturated rings. The number of hydrogen-bond acceptors (Lipinski definition) is 5. The molecule has 1 N–H and O–H groups in total. The highest BCUT2D eigenvalue weighted by Gasteiger charge is 2.12. The van der Waals surface area contributed by atoms with Gasteiger partial charge in [0.15, 0.2) is 18.1 Å². The van der Waals surface area contributed by atoms with Crippen LogP contribution in [-0.4, -0.2) is 50.6 Å². The lowest BCUT2D eigenvalue weighted by Gasteiger charge is -2.14. The highest BCUT2D eigenvalue weighted by atomic mass is 16.5. The van der Waals surface area contributed by atoms with Gasteiger partial charge in [-0.2, -0.15) is 0 Å². The Hall–Kier alpha value is -3.22. The zero-order valence-electron chi connectivity index (χ0n) is 18.1. The average Bonchev–Trinajstić information content (AvgIpc) is 2.75. The van der Waals surface area contributed by atoms with Gasteiger partial charge in [-0.1, -0.05) is 13.8 Å². The molecular weight excluding hydrogens is 384 g/mol. The number of carbonyl (C=O) groups is 2. The molecular formula is C23H30N2O5. The van der Waals surface area contributed by atoms with Crippen molar-refractivity contribution in [2.24, 2.45) is 0 Å². The Morgan fingerprint density at radius 1 is 0.867 bits per heavy atom. The minimum atomic E-state index is -0.255. The van der Waals surface area contributed by atoms with Gasteiger partial charge in [-0.15, -0.1) is 0 Å². The molecule has 30 heavy (non-hydrogen) atoms. The van der Waals surface area contributed by atoms with Crippen LogP contribution in [0.3, 0.4) is 0 Å². The third-order valence-electron chi connectivity index (χ3n) is 4.10. The van der Waals surface area contributed by atoms with Crippen LogP contribution in [0.15, 0.2) is 42.5 Å². The lowest BCUT2D eigenvalue weighted by molar-refractivity contribution is -0.130. The number of nitrogens with zero attached hydrogens (tertiary/aromatic N) is 1. The van der Waals surface area contributed by atoms with E-state index < -0.39 is 0 Å². The summed E-state index contributed by atoms with van der Waals surface area (Å²) in [7, 11) is 3.34. The van der Waals surface area contributed by atoms with Gasteiger partial charge in [-0.3, -0.25) is 9.59 Å². The van der Waals surface area contributed by atoms with E-state index >= 15 is 0 Å². The number of carbonyl (C=O) groups excluding carboxylic acids is 2. The standard InChI is InChI=1S/C23H30N2O5/c1-5-13-28-20-12-7-17(15-21(20)29-14-6-2)23(27)24-18-8-10-19(11-9-18)30-16-22(26)25(3)4/h7-12,15H,5-6,13-14,16H2,1-4H3,(H,24,27). The van der Waals surface area contributed by atoms with Gasteiger partial charge in [0.1, 0.15) is 5.75 Å². The van der Waals surface area contributed by atoms with E-state index in [0.717, 1.165) is 12.8 Å². The van der Waals surface area contributed by atoms with Crippen LogP contribution in [0.2, 0.25) is 0 Å². The molecule has 0 aromatic heterocycles. The van der Waals surface area contributed by atoms with Gasteiger partial charge < -0.3 is 24.4 Å². The fourth-order valence-electron chi connectivity index (χ4n) is 2.42. The molecule has 0 heterocycles. The molecule has 0 unspecified atom stereocenters. The molecule has 2 amide bonds. The Bertz CT molecular complexity index is 834. The van der Waals surface area contributed by atoms with Crippen LogP contribution >= 0.6 is 0 Å². The molecule has 0 atom stereocenters. The molecule has 2 aromatic rings. The Kier molecular flexibility index (Phi) is 9.00. The maximum absolute atomic E-state index is 12.7. The zero-order valence-corrected chi connectivity index (χ0v) is 18.1. The predicted molar refractivity (Wildman–Crippen MR) is 117 cm³/mol. The highest BCUT2D eigenvalue weighted by Crippen LogP contribution is 2.29. The molecule has 0 aliphatic heterocycles. The summed E-state index contributed by atoms with van der Waals surface area (Å²) in [6.07, 6.45) is 1.75. The van der Waals surface area contributed by atoms with E-state index in [-0.39, 0.29) is 18.4 Å². The summed E-state index contributed by atoms with van der Waals surface area (Å²) in [4.78, 5) is 25.7. The fourth-order valence-corrected chi connectivity index (χ4v) is 2.42. The number of ether oxygens (including phenoxy) is 3. The SMILES string of the molecule is CCCOc1ccc(C(=O)Nc2ccc(OCC(=O)N(C)C)cc2)cc1OCCC. The quantitative estimate of drug-likeness (QED) is 0.602. The van der Waals surface area contributed by atoms with Gasteiger partial charge in [0.2, 0.25) is 0 Å². The summed E-state index contributed by atoms with van der Waals surface area (Å²) in [5.41, 5.74) is 1.09. The van der Waals surface area contributed by atoms with E-state index in [1.54, 1.807) is 56.6 Å². The molecule has 162 valence electrons. The molecule has 7 heteroatoms. The number of nitrogens with one attached hydrogen (secondary N) is 1. The summed E-state index contributed by atoms with van der Waals surface area (Å²) in [5, 5.41) is 2.85. The Morgan fingerprint density at radius 2 is 1.50 bits per heavy atom. The maximum Gasteiger partial charge on any atom is 0.259 e. The molecule has 0 saturated carbocycles. The van der Waals surface area contributed by atoms with Crippen molar-refractivity contribution in [3.05, 3.63) is 48.0 Å². The number of benzene rings is 2. The van der Waals surface area contributed by atoms with E-state index in [4.69, 9.17) is 14.2 Å². The van der Waals surface area contributed by atoms with Crippen LogP contribution in [0.1, 0.15) is 37.0 Å². The molecule has 0 aliphatic carbocycles. The summed E-state index contributed by atoms with van der Waals surface area (Å²) >= 11 is 0. The first-order valence-electron chi connectivity index (χ1n) is 10.1. The van der Waals surface area contributed by atoms with E-state index in [0.29, 0.717) is 41.7 Å². The lowest BCUT2D eigenvalue weighted by atomic mass is 10.1. The first-order valence-corrected chi connectivity index (χ1v) is 10.1. The van der Waals surface area contributed by atoms with E-state index in [9.17, 15) is 9.59 Å². The lowest BCUT2D eigenvalue weighted by Crippen LogP contribution is -2.27.